The number of hydrogen-bond donors (Lipinski definition) is 2. The van der Waals surface area contributed by atoms with Gasteiger partial charge in [-0.1, -0.05) is 0 Å². The van der Waals surface area contributed by atoms with Crippen LogP contribution in [0.3, 0.4) is 0 Å². The van der Waals surface area contributed by atoms with Crippen LogP contribution in [0.2, 0.25) is 0 Å². The van der Waals surface area contributed by atoms with E-state index in [1.54, 1.807) is 12.1 Å². The Morgan fingerprint density at radius 1 is 1.00 bits per heavy atom. The van der Waals surface area contributed by atoms with Crippen LogP contribution in [0.25, 0.3) is 0 Å². The van der Waals surface area contributed by atoms with E-state index in [2.05, 4.69) is 10.2 Å². The average Bonchev–Trinajstić information content (AvgIpc) is 2.67. The first-order chi connectivity index (χ1) is 12.1. The third kappa shape index (κ3) is 6.55. The minimum atomic E-state index is -0.407. The summed E-state index contributed by atoms with van der Waals surface area (Å²) in [6.45, 7) is 5.37. The fraction of sp³-hybridized carbons (Fsp3) is 0.579. The van der Waals surface area contributed by atoms with Gasteiger partial charge in [-0.05, 0) is 62.5 Å². The molecule has 0 unspecified atom stereocenters. The van der Waals surface area contributed by atoms with Crippen LogP contribution in [0.15, 0.2) is 24.3 Å². The summed E-state index contributed by atoms with van der Waals surface area (Å²) in [5.74, 6) is 0.591. The average molecular weight is 417 g/mol. The van der Waals surface area contributed by atoms with E-state index >= 15 is 0 Å². The summed E-state index contributed by atoms with van der Waals surface area (Å²) in [5.41, 5.74) is 6.88. The van der Waals surface area contributed by atoms with Crippen molar-refractivity contribution in [1.29, 1.82) is 0 Å². The van der Waals surface area contributed by atoms with Gasteiger partial charge in [0.2, 0.25) is 11.8 Å². The summed E-state index contributed by atoms with van der Waals surface area (Å²) in [7, 11) is 0. The SMILES string of the molecule is Cl.Cl.NC(=O)c1ccc(N2CCN(C(=O)CCC3CCNCC3)CC2)cc1. The lowest BCUT2D eigenvalue weighted by Crippen LogP contribution is -2.48. The van der Waals surface area contributed by atoms with Gasteiger partial charge in [0, 0.05) is 43.9 Å². The van der Waals surface area contributed by atoms with Crippen LogP contribution in [0.1, 0.15) is 36.0 Å². The Hall–Kier alpha value is -1.50. The number of halogens is 2. The predicted molar refractivity (Wildman–Crippen MR) is 113 cm³/mol. The van der Waals surface area contributed by atoms with Gasteiger partial charge in [0.25, 0.3) is 0 Å². The van der Waals surface area contributed by atoms with E-state index in [0.717, 1.165) is 51.4 Å². The first-order valence-electron chi connectivity index (χ1n) is 9.27. The van der Waals surface area contributed by atoms with E-state index in [0.29, 0.717) is 23.8 Å². The van der Waals surface area contributed by atoms with Crippen molar-refractivity contribution in [3.8, 4) is 0 Å². The first kappa shape index (κ1) is 23.5. The third-order valence-electron chi connectivity index (χ3n) is 5.37. The highest BCUT2D eigenvalue weighted by molar-refractivity contribution is 5.93. The van der Waals surface area contributed by atoms with E-state index in [4.69, 9.17) is 5.73 Å². The quantitative estimate of drug-likeness (QED) is 0.769. The summed E-state index contributed by atoms with van der Waals surface area (Å²) >= 11 is 0. The maximum atomic E-state index is 12.4. The monoisotopic (exact) mass is 416 g/mol. The lowest BCUT2D eigenvalue weighted by atomic mass is 9.93. The summed E-state index contributed by atoms with van der Waals surface area (Å²) in [6.07, 6.45) is 4.10. The summed E-state index contributed by atoms with van der Waals surface area (Å²) < 4.78 is 0. The van der Waals surface area contributed by atoms with Crippen molar-refractivity contribution >= 4 is 42.3 Å². The molecule has 3 rings (SSSR count). The molecule has 0 bridgehead atoms. The van der Waals surface area contributed by atoms with Crippen molar-refractivity contribution in [2.45, 2.75) is 25.7 Å². The second-order valence-electron chi connectivity index (χ2n) is 7.01. The maximum Gasteiger partial charge on any atom is 0.248 e. The molecule has 1 aromatic carbocycles. The van der Waals surface area contributed by atoms with Crippen LogP contribution in [-0.4, -0.2) is 56.0 Å². The fourth-order valence-electron chi connectivity index (χ4n) is 3.71. The molecule has 27 heavy (non-hydrogen) atoms. The molecule has 0 saturated carbocycles. The molecule has 2 aliphatic heterocycles. The molecule has 2 fully saturated rings. The highest BCUT2D eigenvalue weighted by Crippen LogP contribution is 2.20. The number of nitrogens with one attached hydrogen (secondary N) is 1. The van der Waals surface area contributed by atoms with Gasteiger partial charge in [0.15, 0.2) is 0 Å². The molecule has 2 amide bonds. The summed E-state index contributed by atoms with van der Waals surface area (Å²) in [5, 5.41) is 3.37. The molecule has 152 valence electrons. The van der Waals surface area contributed by atoms with Crippen molar-refractivity contribution in [3.63, 3.8) is 0 Å². The largest absolute Gasteiger partial charge is 0.368 e. The van der Waals surface area contributed by atoms with Crippen LogP contribution in [0.4, 0.5) is 5.69 Å². The van der Waals surface area contributed by atoms with Crippen molar-refractivity contribution in [3.05, 3.63) is 29.8 Å². The van der Waals surface area contributed by atoms with Crippen LogP contribution in [0, 0.1) is 5.92 Å². The number of primary amides is 1. The molecule has 2 aliphatic rings. The standard InChI is InChI=1S/C19H28N4O2.2ClH/c20-19(25)16-2-4-17(5-3-16)22-11-13-23(14-12-22)18(24)6-1-15-7-9-21-10-8-15;;/h2-5,15,21H,1,6-14H2,(H2,20,25);2*1H. The molecule has 0 spiro atoms. The molecule has 0 atom stereocenters. The molecule has 0 aromatic heterocycles. The highest BCUT2D eigenvalue weighted by atomic mass is 35.5. The first-order valence-corrected chi connectivity index (χ1v) is 9.27. The van der Waals surface area contributed by atoms with Crippen molar-refractivity contribution in [2.24, 2.45) is 11.7 Å². The van der Waals surface area contributed by atoms with Crippen LogP contribution >= 0.6 is 24.8 Å². The lowest BCUT2D eigenvalue weighted by Gasteiger charge is -2.36. The van der Waals surface area contributed by atoms with Gasteiger partial charge in [-0.15, -0.1) is 24.8 Å². The van der Waals surface area contributed by atoms with Gasteiger partial charge in [-0.2, -0.15) is 0 Å². The minimum Gasteiger partial charge on any atom is -0.368 e. The Balaban J connectivity index is 0.00000182. The number of nitrogens with zero attached hydrogens (tertiary/aromatic N) is 2. The second kappa shape index (κ2) is 11.4. The molecule has 0 radical (unpaired) electrons. The number of carbonyl (C=O) groups is 2. The molecular formula is C19H30Cl2N4O2. The van der Waals surface area contributed by atoms with E-state index in [1.807, 2.05) is 17.0 Å². The highest BCUT2D eigenvalue weighted by Gasteiger charge is 2.22. The smallest absolute Gasteiger partial charge is 0.248 e. The van der Waals surface area contributed by atoms with E-state index in [-0.39, 0.29) is 24.8 Å². The Bertz CT molecular complexity index is 598. The number of piperidine rings is 1. The van der Waals surface area contributed by atoms with Gasteiger partial charge in [0.05, 0.1) is 0 Å². The molecule has 8 heteroatoms. The molecule has 3 N–H and O–H groups in total. The Morgan fingerprint density at radius 3 is 2.15 bits per heavy atom. The van der Waals surface area contributed by atoms with E-state index < -0.39 is 5.91 Å². The van der Waals surface area contributed by atoms with Gasteiger partial charge in [-0.25, -0.2) is 0 Å². The topological polar surface area (TPSA) is 78.7 Å². The molecule has 2 saturated heterocycles. The number of benzene rings is 1. The Morgan fingerprint density at radius 2 is 1.59 bits per heavy atom. The van der Waals surface area contributed by atoms with Gasteiger partial charge < -0.3 is 20.9 Å². The second-order valence-corrected chi connectivity index (χ2v) is 7.01. The van der Waals surface area contributed by atoms with Crippen molar-refractivity contribution < 1.29 is 9.59 Å². The zero-order valence-corrected chi connectivity index (χ0v) is 17.2. The lowest BCUT2D eigenvalue weighted by molar-refractivity contribution is -0.131. The third-order valence-corrected chi connectivity index (χ3v) is 5.37. The normalized spacial score (nSPS) is 17.6. The van der Waals surface area contributed by atoms with Gasteiger partial charge >= 0.3 is 0 Å². The fourth-order valence-corrected chi connectivity index (χ4v) is 3.71. The molecule has 0 aliphatic carbocycles. The predicted octanol–water partition coefficient (Wildman–Crippen LogP) is 2.06. The van der Waals surface area contributed by atoms with Gasteiger partial charge in [-0.3, -0.25) is 9.59 Å². The minimum absolute atomic E-state index is 0. The number of hydrogen-bond acceptors (Lipinski definition) is 4. The van der Waals surface area contributed by atoms with Crippen LogP contribution < -0.4 is 16.0 Å². The molecule has 2 heterocycles. The number of rotatable bonds is 5. The molecule has 6 nitrogen and oxygen atoms in total. The zero-order chi connectivity index (χ0) is 17.6. The molecular weight excluding hydrogens is 387 g/mol. The summed E-state index contributed by atoms with van der Waals surface area (Å²) in [6, 6.07) is 7.37. The van der Waals surface area contributed by atoms with Crippen molar-refractivity contribution in [1.82, 2.24) is 10.2 Å². The van der Waals surface area contributed by atoms with Gasteiger partial charge in [0.1, 0.15) is 0 Å². The number of anilines is 1. The zero-order valence-electron chi connectivity index (χ0n) is 15.6. The number of carbonyl (C=O) groups excluding carboxylic acids is 2. The van der Waals surface area contributed by atoms with E-state index in [1.165, 1.54) is 12.8 Å². The molecule has 1 aromatic rings. The van der Waals surface area contributed by atoms with E-state index in [9.17, 15) is 9.59 Å². The Labute approximate surface area is 173 Å². The number of nitrogens with two attached hydrogens (primary N) is 1. The maximum absolute atomic E-state index is 12.4. The number of amides is 2. The summed E-state index contributed by atoms with van der Waals surface area (Å²) in [4.78, 5) is 27.8. The van der Waals surface area contributed by atoms with Crippen LogP contribution in [-0.2, 0) is 4.79 Å². The Kier molecular flexibility index (Phi) is 9.91. The van der Waals surface area contributed by atoms with Crippen LogP contribution in [0.5, 0.6) is 0 Å². The van der Waals surface area contributed by atoms with Crippen molar-refractivity contribution in [2.75, 3.05) is 44.2 Å². The number of piperazine rings is 1.